The quantitative estimate of drug-likeness (QED) is 0.258. The summed E-state index contributed by atoms with van der Waals surface area (Å²) in [5, 5.41) is 10.1. The van der Waals surface area contributed by atoms with Gasteiger partial charge in [0.05, 0.1) is 30.5 Å². The Bertz CT molecular complexity index is 822. The molecule has 1 atom stereocenters. The zero-order valence-corrected chi connectivity index (χ0v) is 21.9. The number of nitrogens with zero attached hydrogens (tertiary/aromatic N) is 2. The Morgan fingerprint density at radius 1 is 1.32 bits per heavy atom. The van der Waals surface area contributed by atoms with E-state index in [4.69, 9.17) is 14.5 Å². The zero-order chi connectivity index (χ0) is 21.2. The second-order valence-corrected chi connectivity index (χ2v) is 8.55. The summed E-state index contributed by atoms with van der Waals surface area (Å²) >= 11 is 1.74. The largest absolute Gasteiger partial charge is 0.493 e. The van der Waals surface area contributed by atoms with E-state index >= 15 is 0 Å². The second-order valence-electron chi connectivity index (χ2n) is 7.61. The molecule has 8 heteroatoms. The monoisotopic (exact) mass is 558 g/mol. The van der Waals surface area contributed by atoms with Gasteiger partial charge in [-0.25, -0.2) is 9.98 Å². The number of nitrogens with one attached hydrogen (secondary N) is 2. The summed E-state index contributed by atoms with van der Waals surface area (Å²) in [5.41, 5.74) is 3.44. The molecule has 1 aliphatic heterocycles. The van der Waals surface area contributed by atoms with Crippen LogP contribution in [0.5, 0.6) is 5.75 Å². The molecule has 2 heterocycles. The van der Waals surface area contributed by atoms with Crippen molar-refractivity contribution in [1.29, 1.82) is 0 Å². The molecule has 2 aromatic rings. The number of halogens is 1. The van der Waals surface area contributed by atoms with Gasteiger partial charge in [-0.1, -0.05) is 19.1 Å². The van der Waals surface area contributed by atoms with Gasteiger partial charge < -0.3 is 20.1 Å². The fourth-order valence-electron chi connectivity index (χ4n) is 3.29. The summed E-state index contributed by atoms with van der Waals surface area (Å²) in [7, 11) is 0. The summed E-state index contributed by atoms with van der Waals surface area (Å²) in [4.78, 5) is 9.41. The number of thiazole rings is 1. The lowest BCUT2D eigenvalue weighted by molar-refractivity contribution is 0.166. The molecule has 0 spiro atoms. The van der Waals surface area contributed by atoms with E-state index < -0.39 is 0 Å². The van der Waals surface area contributed by atoms with Crippen molar-refractivity contribution in [3.63, 3.8) is 0 Å². The molecule has 0 aliphatic carbocycles. The number of guanidine groups is 1. The van der Waals surface area contributed by atoms with E-state index in [1.165, 1.54) is 10.6 Å². The third-order valence-corrected chi connectivity index (χ3v) is 6.09. The fourth-order valence-corrected chi connectivity index (χ4v) is 4.07. The van der Waals surface area contributed by atoms with Crippen LogP contribution in [0, 0.1) is 12.8 Å². The molecular weight excluding hydrogens is 523 g/mol. The number of hydrogen-bond acceptors (Lipinski definition) is 5. The van der Waals surface area contributed by atoms with Crippen LogP contribution in [0.3, 0.4) is 0 Å². The lowest BCUT2D eigenvalue weighted by atomic mass is 10.1. The van der Waals surface area contributed by atoms with Gasteiger partial charge in [-0.15, -0.1) is 35.3 Å². The van der Waals surface area contributed by atoms with Crippen molar-refractivity contribution < 1.29 is 9.47 Å². The number of ether oxygens (including phenoxy) is 2. The molecule has 1 unspecified atom stereocenters. The van der Waals surface area contributed by atoms with Crippen LogP contribution in [0.2, 0.25) is 0 Å². The number of rotatable bonds is 10. The molecule has 0 bridgehead atoms. The topological polar surface area (TPSA) is 67.8 Å². The number of aryl methyl sites for hydroxylation is 2. The van der Waals surface area contributed by atoms with Gasteiger partial charge in [-0.3, -0.25) is 0 Å². The summed E-state index contributed by atoms with van der Waals surface area (Å²) in [6, 6.07) is 6.34. The SMILES string of the molecule is CCNC(=NCc1ccc(C)cc1OCC1CCOC1)NCCc1csc(CC)n1.I. The van der Waals surface area contributed by atoms with E-state index in [1.54, 1.807) is 11.3 Å². The molecule has 1 aromatic heterocycles. The van der Waals surface area contributed by atoms with E-state index in [1.807, 2.05) is 0 Å². The Morgan fingerprint density at radius 3 is 2.90 bits per heavy atom. The first-order valence-electron chi connectivity index (χ1n) is 10.9. The number of hydrogen-bond donors (Lipinski definition) is 2. The number of aliphatic imine (C=N–C) groups is 1. The van der Waals surface area contributed by atoms with Crippen molar-refractivity contribution in [1.82, 2.24) is 15.6 Å². The molecule has 1 saturated heterocycles. The smallest absolute Gasteiger partial charge is 0.191 e. The van der Waals surface area contributed by atoms with Gasteiger partial charge in [0.15, 0.2) is 5.96 Å². The third-order valence-electron chi connectivity index (χ3n) is 5.05. The van der Waals surface area contributed by atoms with Crippen molar-refractivity contribution in [3.8, 4) is 5.75 Å². The average molecular weight is 559 g/mol. The van der Waals surface area contributed by atoms with E-state index in [0.29, 0.717) is 19.1 Å². The Labute approximate surface area is 207 Å². The van der Waals surface area contributed by atoms with Crippen LogP contribution in [0.25, 0.3) is 0 Å². The van der Waals surface area contributed by atoms with Crippen LogP contribution >= 0.6 is 35.3 Å². The molecule has 0 saturated carbocycles. The molecule has 172 valence electrons. The molecule has 1 fully saturated rings. The maximum absolute atomic E-state index is 6.15. The molecule has 0 amide bonds. The van der Waals surface area contributed by atoms with Crippen LogP contribution in [0.1, 0.15) is 42.1 Å². The molecule has 0 radical (unpaired) electrons. The molecule has 1 aromatic carbocycles. The van der Waals surface area contributed by atoms with Gasteiger partial charge in [-0.05, 0) is 38.3 Å². The Hall–Kier alpha value is -1.39. The number of aromatic nitrogens is 1. The molecule has 31 heavy (non-hydrogen) atoms. The van der Waals surface area contributed by atoms with Gasteiger partial charge in [0.2, 0.25) is 0 Å². The Morgan fingerprint density at radius 2 is 2.19 bits per heavy atom. The first kappa shape index (κ1) is 25.9. The first-order chi connectivity index (χ1) is 14.7. The summed E-state index contributed by atoms with van der Waals surface area (Å²) in [6.07, 6.45) is 2.96. The molecule has 3 rings (SSSR count). The van der Waals surface area contributed by atoms with Crippen LogP contribution in [0.15, 0.2) is 28.6 Å². The average Bonchev–Trinajstić information content (AvgIpc) is 3.43. The highest BCUT2D eigenvalue weighted by Crippen LogP contribution is 2.23. The van der Waals surface area contributed by atoms with Crippen molar-refractivity contribution in [2.45, 2.75) is 46.6 Å². The summed E-state index contributed by atoms with van der Waals surface area (Å²) < 4.78 is 11.6. The van der Waals surface area contributed by atoms with E-state index in [9.17, 15) is 0 Å². The molecule has 2 N–H and O–H groups in total. The predicted octanol–water partition coefficient (Wildman–Crippen LogP) is 4.35. The van der Waals surface area contributed by atoms with E-state index in [0.717, 1.165) is 68.5 Å². The molecular formula is C23H35IN4O2S. The highest BCUT2D eigenvalue weighted by atomic mass is 127. The molecule has 6 nitrogen and oxygen atoms in total. The van der Waals surface area contributed by atoms with Crippen molar-refractivity contribution in [2.75, 3.05) is 32.9 Å². The fraction of sp³-hybridized carbons (Fsp3) is 0.565. The standard InChI is InChI=1S/C23H34N4O2S.HI/c1-4-22-27-20(16-30-22)8-10-25-23(24-5-2)26-13-19-7-6-17(3)12-21(19)29-15-18-9-11-28-14-18;/h6-7,12,16,18H,4-5,8-11,13-15H2,1-3H3,(H2,24,25,26);1H. The van der Waals surface area contributed by atoms with Gasteiger partial charge in [0, 0.05) is 43.0 Å². The normalized spacial score (nSPS) is 16.1. The van der Waals surface area contributed by atoms with Gasteiger partial charge in [-0.2, -0.15) is 0 Å². The second kappa shape index (κ2) is 13.9. The van der Waals surface area contributed by atoms with Crippen molar-refractivity contribution >= 4 is 41.3 Å². The van der Waals surface area contributed by atoms with Crippen LogP contribution in [-0.4, -0.2) is 43.9 Å². The predicted molar refractivity (Wildman–Crippen MR) is 139 cm³/mol. The molecule has 1 aliphatic rings. The third kappa shape index (κ3) is 8.57. The number of benzene rings is 1. The summed E-state index contributed by atoms with van der Waals surface area (Å²) in [6.45, 7) is 10.8. The van der Waals surface area contributed by atoms with E-state index in [-0.39, 0.29) is 24.0 Å². The Kier molecular flexibility index (Phi) is 11.6. The van der Waals surface area contributed by atoms with Crippen LogP contribution in [-0.2, 0) is 24.1 Å². The minimum Gasteiger partial charge on any atom is -0.493 e. The zero-order valence-electron chi connectivity index (χ0n) is 18.8. The Balaban J connectivity index is 0.00000341. The van der Waals surface area contributed by atoms with Crippen LogP contribution in [0.4, 0.5) is 0 Å². The minimum absolute atomic E-state index is 0. The van der Waals surface area contributed by atoms with Gasteiger partial charge in [0.25, 0.3) is 0 Å². The van der Waals surface area contributed by atoms with Crippen molar-refractivity contribution in [3.05, 3.63) is 45.4 Å². The maximum Gasteiger partial charge on any atom is 0.191 e. The highest BCUT2D eigenvalue weighted by Gasteiger charge is 2.17. The van der Waals surface area contributed by atoms with Crippen molar-refractivity contribution in [2.24, 2.45) is 10.9 Å². The maximum atomic E-state index is 6.15. The minimum atomic E-state index is 0. The first-order valence-corrected chi connectivity index (χ1v) is 11.8. The lowest BCUT2D eigenvalue weighted by Gasteiger charge is -2.15. The van der Waals surface area contributed by atoms with Gasteiger partial charge >= 0.3 is 0 Å². The summed E-state index contributed by atoms with van der Waals surface area (Å²) in [5.74, 6) is 2.23. The van der Waals surface area contributed by atoms with Gasteiger partial charge in [0.1, 0.15) is 5.75 Å². The highest BCUT2D eigenvalue weighted by molar-refractivity contribution is 14.0. The van der Waals surface area contributed by atoms with Crippen LogP contribution < -0.4 is 15.4 Å². The lowest BCUT2D eigenvalue weighted by Crippen LogP contribution is -2.38. The van der Waals surface area contributed by atoms with E-state index in [2.05, 4.69) is 60.0 Å².